The van der Waals surface area contributed by atoms with Crippen LogP contribution in [0.2, 0.25) is 0 Å². The largest absolute Gasteiger partial charge is 0.454 e. The Hall–Kier alpha value is -2.22. The van der Waals surface area contributed by atoms with Gasteiger partial charge in [0, 0.05) is 13.7 Å². The third kappa shape index (κ3) is 3.81. The van der Waals surface area contributed by atoms with Crippen molar-refractivity contribution in [2.75, 3.05) is 26.9 Å². The highest BCUT2D eigenvalue weighted by molar-refractivity contribution is 6.08. The molecule has 2 aliphatic rings. The van der Waals surface area contributed by atoms with Crippen LogP contribution in [0, 0.1) is 11.8 Å². The Morgan fingerprint density at radius 3 is 2.38 bits per heavy atom. The Morgan fingerprint density at radius 1 is 1.25 bits per heavy atom. The number of likely N-dealkylation sites (tertiary alicyclic amines) is 1. The van der Waals surface area contributed by atoms with E-state index in [0.717, 1.165) is 4.90 Å². The summed E-state index contributed by atoms with van der Waals surface area (Å²) in [6.45, 7) is 1.63. The van der Waals surface area contributed by atoms with Gasteiger partial charge < -0.3 is 14.8 Å². The minimum atomic E-state index is -1.04. The van der Waals surface area contributed by atoms with Crippen molar-refractivity contribution in [3.63, 3.8) is 0 Å². The van der Waals surface area contributed by atoms with Crippen LogP contribution in [0.3, 0.4) is 0 Å². The number of nitrogens with zero attached hydrogens (tertiary/aromatic N) is 1. The van der Waals surface area contributed by atoms with Crippen molar-refractivity contribution in [2.45, 2.75) is 25.8 Å². The summed E-state index contributed by atoms with van der Waals surface area (Å²) in [5, 5.41) is 2.51. The van der Waals surface area contributed by atoms with Gasteiger partial charge in [0.2, 0.25) is 11.8 Å². The molecule has 3 amide bonds. The van der Waals surface area contributed by atoms with E-state index in [-0.39, 0.29) is 11.8 Å². The number of rotatable bonds is 7. The summed E-state index contributed by atoms with van der Waals surface area (Å²) in [7, 11) is 1.51. The molecule has 2 rings (SSSR count). The summed E-state index contributed by atoms with van der Waals surface area (Å²) in [6.07, 6.45) is 4.78. The fraction of sp³-hybridized carbons (Fsp3) is 0.625. The number of esters is 1. The van der Waals surface area contributed by atoms with Crippen LogP contribution in [0.1, 0.15) is 19.8 Å². The second kappa shape index (κ2) is 8.05. The maximum absolute atomic E-state index is 12.4. The van der Waals surface area contributed by atoms with Crippen molar-refractivity contribution >= 4 is 23.7 Å². The number of amides is 3. The van der Waals surface area contributed by atoms with Crippen LogP contribution in [0.25, 0.3) is 0 Å². The van der Waals surface area contributed by atoms with Crippen LogP contribution < -0.4 is 5.32 Å². The topological polar surface area (TPSA) is 102 Å². The van der Waals surface area contributed by atoms with Crippen LogP contribution in [-0.4, -0.2) is 61.5 Å². The number of fused-ring (bicyclic) bond motifs is 1. The highest BCUT2D eigenvalue weighted by Gasteiger charge is 2.50. The standard InChI is InChI=1S/C16H22N2O6/c1-10(16(22)24-9-13(19)17-7-8-23-2)18-14(20)11-5-3-4-6-12(11)15(18)21/h3-4,10-12H,5-9H2,1-2H3,(H,17,19)/t10-,11+,12+/m0/s1. The second-order valence-corrected chi connectivity index (χ2v) is 5.83. The normalized spacial score (nSPS) is 23.8. The van der Waals surface area contributed by atoms with Gasteiger partial charge in [0.1, 0.15) is 6.04 Å². The summed E-state index contributed by atoms with van der Waals surface area (Å²) in [5.74, 6) is -2.72. The average Bonchev–Trinajstić information content (AvgIpc) is 2.84. The SMILES string of the molecule is COCCNC(=O)COC(=O)[C@H](C)N1C(=O)[C@@H]2CC=CC[C@H]2C1=O. The van der Waals surface area contributed by atoms with Crippen molar-refractivity contribution in [2.24, 2.45) is 11.8 Å². The van der Waals surface area contributed by atoms with Crippen LogP contribution in [-0.2, 0) is 28.7 Å². The lowest BCUT2D eigenvalue weighted by Gasteiger charge is -2.21. The zero-order chi connectivity index (χ0) is 17.7. The smallest absolute Gasteiger partial charge is 0.329 e. The summed E-state index contributed by atoms with van der Waals surface area (Å²) in [5.41, 5.74) is 0. The molecule has 0 unspecified atom stereocenters. The summed E-state index contributed by atoms with van der Waals surface area (Å²) >= 11 is 0. The molecule has 0 spiro atoms. The quantitative estimate of drug-likeness (QED) is 0.294. The zero-order valence-electron chi connectivity index (χ0n) is 13.8. The summed E-state index contributed by atoms with van der Waals surface area (Å²) in [6, 6.07) is -1.04. The fourth-order valence-corrected chi connectivity index (χ4v) is 2.91. The maximum atomic E-state index is 12.4. The molecule has 8 heteroatoms. The molecular formula is C16H22N2O6. The van der Waals surface area contributed by atoms with Gasteiger partial charge in [-0.3, -0.25) is 19.3 Å². The van der Waals surface area contributed by atoms with E-state index in [1.165, 1.54) is 14.0 Å². The number of hydrogen-bond acceptors (Lipinski definition) is 6. The molecule has 132 valence electrons. The fourth-order valence-electron chi connectivity index (χ4n) is 2.91. The first-order valence-electron chi connectivity index (χ1n) is 7.91. The molecule has 8 nitrogen and oxygen atoms in total. The summed E-state index contributed by atoms with van der Waals surface area (Å²) < 4.78 is 9.69. The number of imide groups is 1. The predicted octanol–water partition coefficient (Wildman–Crippen LogP) is -0.368. The number of allylic oxidation sites excluding steroid dienone is 2. The van der Waals surface area contributed by atoms with Gasteiger partial charge in [0.15, 0.2) is 6.61 Å². The van der Waals surface area contributed by atoms with Gasteiger partial charge in [-0.15, -0.1) is 0 Å². The van der Waals surface area contributed by atoms with Gasteiger partial charge in [0.25, 0.3) is 5.91 Å². The molecule has 0 radical (unpaired) electrons. The molecule has 1 fully saturated rings. The van der Waals surface area contributed by atoms with Gasteiger partial charge in [0.05, 0.1) is 18.4 Å². The lowest BCUT2D eigenvalue weighted by molar-refractivity contribution is -0.159. The van der Waals surface area contributed by atoms with Crippen molar-refractivity contribution < 1.29 is 28.7 Å². The molecule has 1 aliphatic carbocycles. The Bertz CT molecular complexity index is 533. The Kier molecular flexibility index (Phi) is 6.08. The third-order valence-corrected chi connectivity index (χ3v) is 4.24. The number of carbonyl (C=O) groups is 4. The van der Waals surface area contributed by atoms with E-state index >= 15 is 0 Å². The molecule has 3 atom stereocenters. The first kappa shape index (κ1) is 18.1. The molecule has 1 aliphatic heterocycles. The Labute approximate surface area is 140 Å². The van der Waals surface area contributed by atoms with E-state index in [4.69, 9.17) is 9.47 Å². The lowest BCUT2D eigenvalue weighted by atomic mass is 9.85. The second-order valence-electron chi connectivity index (χ2n) is 5.83. The van der Waals surface area contributed by atoms with Crippen LogP contribution in [0.5, 0.6) is 0 Å². The number of carbonyl (C=O) groups excluding carboxylic acids is 4. The zero-order valence-corrected chi connectivity index (χ0v) is 13.8. The number of methoxy groups -OCH3 is 1. The van der Waals surface area contributed by atoms with Crippen LogP contribution >= 0.6 is 0 Å². The van der Waals surface area contributed by atoms with E-state index in [9.17, 15) is 19.2 Å². The van der Waals surface area contributed by atoms with E-state index in [1.807, 2.05) is 12.2 Å². The van der Waals surface area contributed by atoms with Crippen molar-refractivity contribution in [1.29, 1.82) is 0 Å². The molecule has 0 aromatic rings. The van der Waals surface area contributed by atoms with E-state index < -0.39 is 36.4 Å². The minimum Gasteiger partial charge on any atom is -0.454 e. The van der Waals surface area contributed by atoms with E-state index in [2.05, 4.69) is 5.32 Å². The first-order chi connectivity index (χ1) is 11.5. The maximum Gasteiger partial charge on any atom is 0.329 e. The molecule has 0 aromatic carbocycles. The third-order valence-electron chi connectivity index (χ3n) is 4.24. The van der Waals surface area contributed by atoms with Gasteiger partial charge in [-0.2, -0.15) is 0 Å². The van der Waals surface area contributed by atoms with Gasteiger partial charge in [-0.25, -0.2) is 4.79 Å². The summed E-state index contributed by atoms with van der Waals surface area (Å²) in [4.78, 5) is 49.3. The minimum absolute atomic E-state index is 0.307. The van der Waals surface area contributed by atoms with Crippen molar-refractivity contribution in [3.05, 3.63) is 12.2 Å². The monoisotopic (exact) mass is 338 g/mol. The Morgan fingerprint density at radius 2 is 1.83 bits per heavy atom. The van der Waals surface area contributed by atoms with Gasteiger partial charge >= 0.3 is 5.97 Å². The molecule has 1 N–H and O–H groups in total. The molecule has 0 aromatic heterocycles. The Balaban J connectivity index is 1.88. The average molecular weight is 338 g/mol. The highest BCUT2D eigenvalue weighted by Crippen LogP contribution is 2.36. The van der Waals surface area contributed by atoms with E-state index in [1.54, 1.807) is 0 Å². The molecule has 1 heterocycles. The molecule has 24 heavy (non-hydrogen) atoms. The number of ether oxygens (including phenoxy) is 2. The van der Waals surface area contributed by atoms with Gasteiger partial charge in [-0.1, -0.05) is 12.2 Å². The molecule has 0 saturated carbocycles. The lowest BCUT2D eigenvalue weighted by Crippen LogP contribution is -2.45. The van der Waals surface area contributed by atoms with E-state index in [0.29, 0.717) is 26.0 Å². The van der Waals surface area contributed by atoms with Crippen LogP contribution in [0.4, 0.5) is 0 Å². The number of nitrogens with one attached hydrogen (secondary N) is 1. The first-order valence-corrected chi connectivity index (χ1v) is 7.91. The van der Waals surface area contributed by atoms with Crippen molar-refractivity contribution in [1.82, 2.24) is 10.2 Å². The van der Waals surface area contributed by atoms with Crippen LogP contribution in [0.15, 0.2) is 12.2 Å². The van der Waals surface area contributed by atoms with Crippen molar-refractivity contribution in [3.8, 4) is 0 Å². The molecule has 1 saturated heterocycles. The van der Waals surface area contributed by atoms with Gasteiger partial charge in [-0.05, 0) is 19.8 Å². The highest BCUT2D eigenvalue weighted by atomic mass is 16.5. The predicted molar refractivity (Wildman–Crippen MR) is 82.5 cm³/mol. The number of hydrogen-bond donors (Lipinski definition) is 1. The molecular weight excluding hydrogens is 316 g/mol. The molecule has 0 bridgehead atoms.